The van der Waals surface area contributed by atoms with Crippen LogP contribution < -0.4 is 5.32 Å². The maximum atomic E-state index is 5.85. The molecule has 18 heavy (non-hydrogen) atoms. The topological polar surface area (TPSA) is 79.4 Å². The highest BCUT2D eigenvalue weighted by atomic mass is 35.5. The molecule has 0 saturated heterocycles. The second-order valence-corrected chi connectivity index (χ2v) is 3.99. The third-order valence-electron chi connectivity index (χ3n) is 2.45. The van der Waals surface area contributed by atoms with Gasteiger partial charge in [-0.15, -0.1) is 0 Å². The Morgan fingerprint density at radius 3 is 3.06 bits per heavy atom. The van der Waals surface area contributed by atoms with Gasteiger partial charge in [0.2, 0.25) is 5.28 Å². The zero-order valence-corrected chi connectivity index (χ0v) is 10.0. The first-order chi connectivity index (χ1) is 8.83. The number of anilines is 1. The minimum atomic E-state index is 0.201. The van der Waals surface area contributed by atoms with Gasteiger partial charge >= 0.3 is 0 Å². The Balaban J connectivity index is 1.88. The molecule has 0 radical (unpaired) electrons. The van der Waals surface area contributed by atoms with E-state index in [-0.39, 0.29) is 5.28 Å². The first-order valence-electron chi connectivity index (χ1n) is 5.34. The van der Waals surface area contributed by atoms with Crippen molar-refractivity contribution in [2.75, 3.05) is 5.32 Å². The first kappa shape index (κ1) is 10.9. The predicted octanol–water partition coefficient (Wildman–Crippen LogP) is 2.01. The molecule has 7 heteroatoms. The standard InChI is InChI=1S/C11H9ClN6/c12-11-16-9-8(3-5-13-9)10(17-11)14-6-7-2-1-4-15-18-7/h1-5H,6H2,(H2,13,14,16,17). The van der Waals surface area contributed by atoms with Crippen LogP contribution in [0.4, 0.5) is 5.82 Å². The zero-order chi connectivity index (χ0) is 12.4. The van der Waals surface area contributed by atoms with Gasteiger partial charge in [-0.1, -0.05) is 0 Å². The van der Waals surface area contributed by atoms with E-state index in [4.69, 9.17) is 11.6 Å². The lowest BCUT2D eigenvalue weighted by atomic mass is 10.3. The number of H-pyrrole nitrogens is 1. The number of nitrogens with one attached hydrogen (secondary N) is 2. The van der Waals surface area contributed by atoms with Gasteiger partial charge in [-0.3, -0.25) is 0 Å². The first-order valence-corrected chi connectivity index (χ1v) is 5.72. The number of fused-ring (bicyclic) bond motifs is 1. The smallest absolute Gasteiger partial charge is 0.226 e. The lowest BCUT2D eigenvalue weighted by molar-refractivity contribution is 0.921. The van der Waals surface area contributed by atoms with Crippen molar-refractivity contribution in [3.8, 4) is 0 Å². The van der Waals surface area contributed by atoms with Crippen LogP contribution in [0.25, 0.3) is 11.0 Å². The van der Waals surface area contributed by atoms with Gasteiger partial charge in [0.25, 0.3) is 0 Å². The van der Waals surface area contributed by atoms with Crippen molar-refractivity contribution in [1.82, 2.24) is 25.1 Å². The Kier molecular flexibility index (Phi) is 2.77. The highest BCUT2D eigenvalue weighted by Crippen LogP contribution is 2.21. The van der Waals surface area contributed by atoms with E-state index in [1.807, 2.05) is 18.2 Å². The third kappa shape index (κ3) is 2.10. The summed E-state index contributed by atoms with van der Waals surface area (Å²) in [5.41, 5.74) is 1.53. The Hall–Kier alpha value is -2.21. The van der Waals surface area contributed by atoms with Gasteiger partial charge in [0.1, 0.15) is 11.5 Å². The summed E-state index contributed by atoms with van der Waals surface area (Å²) in [6, 6.07) is 5.62. The highest BCUT2D eigenvalue weighted by Gasteiger charge is 2.07. The summed E-state index contributed by atoms with van der Waals surface area (Å²) in [4.78, 5) is 11.2. The zero-order valence-electron chi connectivity index (χ0n) is 9.26. The maximum Gasteiger partial charge on any atom is 0.226 e. The van der Waals surface area contributed by atoms with Crippen LogP contribution in [0.2, 0.25) is 5.28 Å². The van der Waals surface area contributed by atoms with Crippen molar-refractivity contribution in [3.63, 3.8) is 0 Å². The van der Waals surface area contributed by atoms with Crippen LogP contribution in [0.15, 0.2) is 30.6 Å². The largest absolute Gasteiger partial charge is 0.364 e. The van der Waals surface area contributed by atoms with Gasteiger partial charge < -0.3 is 10.3 Å². The molecule has 0 aliphatic rings. The number of nitrogens with zero attached hydrogens (tertiary/aromatic N) is 4. The number of rotatable bonds is 3. The third-order valence-corrected chi connectivity index (χ3v) is 2.62. The molecular formula is C11H9ClN6. The van der Waals surface area contributed by atoms with Crippen LogP contribution in [-0.2, 0) is 6.54 Å². The summed E-state index contributed by atoms with van der Waals surface area (Å²) in [6.07, 6.45) is 3.43. The van der Waals surface area contributed by atoms with Crippen LogP contribution in [-0.4, -0.2) is 25.1 Å². The van der Waals surface area contributed by atoms with Gasteiger partial charge in [0, 0.05) is 12.4 Å². The minimum absolute atomic E-state index is 0.201. The van der Waals surface area contributed by atoms with Gasteiger partial charge in [-0.05, 0) is 29.8 Å². The predicted molar refractivity (Wildman–Crippen MR) is 68.3 cm³/mol. The van der Waals surface area contributed by atoms with Crippen molar-refractivity contribution in [2.24, 2.45) is 0 Å². The molecule has 0 unspecified atom stereocenters. The van der Waals surface area contributed by atoms with E-state index >= 15 is 0 Å². The van der Waals surface area contributed by atoms with E-state index in [0.717, 1.165) is 11.1 Å². The molecule has 90 valence electrons. The lowest BCUT2D eigenvalue weighted by Gasteiger charge is -2.05. The van der Waals surface area contributed by atoms with Crippen LogP contribution in [0.5, 0.6) is 0 Å². The molecule has 3 aromatic heterocycles. The Labute approximate surface area is 107 Å². The summed E-state index contributed by atoms with van der Waals surface area (Å²) in [6.45, 7) is 0.529. The fourth-order valence-electron chi connectivity index (χ4n) is 1.65. The monoisotopic (exact) mass is 260 g/mol. The van der Waals surface area contributed by atoms with E-state index in [9.17, 15) is 0 Å². The van der Waals surface area contributed by atoms with Crippen molar-refractivity contribution < 1.29 is 0 Å². The van der Waals surface area contributed by atoms with Crippen LogP contribution in [0, 0.1) is 0 Å². The number of aromatic amines is 1. The van der Waals surface area contributed by atoms with Gasteiger partial charge in [-0.2, -0.15) is 15.2 Å². The second kappa shape index (κ2) is 4.58. The molecule has 0 atom stereocenters. The average Bonchev–Trinajstić information content (AvgIpc) is 2.85. The van der Waals surface area contributed by atoms with Gasteiger partial charge in [-0.25, -0.2) is 4.98 Å². The second-order valence-electron chi connectivity index (χ2n) is 3.65. The molecule has 0 fully saturated rings. The van der Waals surface area contributed by atoms with Gasteiger partial charge in [0.15, 0.2) is 0 Å². The Morgan fingerprint density at radius 2 is 2.22 bits per heavy atom. The molecule has 0 aromatic carbocycles. The number of hydrogen-bond acceptors (Lipinski definition) is 5. The molecule has 2 N–H and O–H groups in total. The van der Waals surface area contributed by atoms with E-state index in [0.29, 0.717) is 18.0 Å². The quantitative estimate of drug-likeness (QED) is 0.704. The number of aromatic nitrogens is 5. The van der Waals surface area contributed by atoms with Crippen molar-refractivity contribution in [1.29, 1.82) is 0 Å². The van der Waals surface area contributed by atoms with E-state index < -0.39 is 0 Å². The fourth-order valence-corrected chi connectivity index (χ4v) is 1.82. The molecule has 0 aliphatic carbocycles. The summed E-state index contributed by atoms with van der Waals surface area (Å²) < 4.78 is 0. The maximum absolute atomic E-state index is 5.85. The molecule has 3 aromatic rings. The van der Waals surface area contributed by atoms with Gasteiger partial charge in [0.05, 0.1) is 17.6 Å². The summed E-state index contributed by atoms with van der Waals surface area (Å²) >= 11 is 5.85. The minimum Gasteiger partial charge on any atom is -0.364 e. The Bertz CT molecular complexity index is 666. The fraction of sp³-hybridized carbons (Fsp3) is 0.0909. The highest BCUT2D eigenvalue weighted by molar-refractivity contribution is 6.28. The van der Waals surface area contributed by atoms with Crippen LogP contribution in [0.3, 0.4) is 0 Å². The van der Waals surface area contributed by atoms with E-state index in [2.05, 4.69) is 30.5 Å². The summed E-state index contributed by atoms with van der Waals surface area (Å²) in [7, 11) is 0. The molecule has 0 spiro atoms. The summed E-state index contributed by atoms with van der Waals surface area (Å²) in [5.74, 6) is 0.678. The van der Waals surface area contributed by atoms with Crippen molar-refractivity contribution >= 4 is 28.5 Å². The molecule has 0 bridgehead atoms. The summed E-state index contributed by atoms with van der Waals surface area (Å²) in [5, 5.41) is 12.1. The molecule has 0 saturated carbocycles. The van der Waals surface area contributed by atoms with Crippen molar-refractivity contribution in [2.45, 2.75) is 6.54 Å². The van der Waals surface area contributed by atoms with E-state index in [1.165, 1.54) is 0 Å². The number of halogens is 1. The molecule has 0 amide bonds. The Morgan fingerprint density at radius 1 is 1.28 bits per heavy atom. The molecule has 3 rings (SSSR count). The normalized spacial score (nSPS) is 10.7. The molecule has 0 aliphatic heterocycles. The average molecular weight is 261 g/mol. The molecule has 3 heterocycles. The molecular weight excluding hydrogens is 252 g/mol. The van der Waals surface area contributed by atoms with E-state index in [1.54, 1.807) is 12.4 Å². The SMILES string of the molecule is Clc1nc(NCc2cccnn2)c2cc[nH]c2n1. The van der Waals surface area contributed by atoms with Crippen LogP contribution >= 0.6 is 11.6 Å². The van der Waals surface area contributed by atoms with Crippen LogP contribution in [0.1, 0.15) is 5.69 Å². The lowest BCUT2D eigenvalue weighted by Crippen LogP contribution is -2.04. The molecule has 6 nitrogen and oxygen atoms in total. The number of hydrogen-bond donors (Lipinski definition) is 2. The van der Waals surface area contributed by atoms with Crippen molar-refractivity contribution in [3.05, 3.63) is 41.6 Å².